The monoisotopic (exact) mass is 426 g/mol. The van der Waals surface area contributed by atoms with Crippen molar-refractivity contribution in [2.45, 2.75) is 6.54 Å². The van der Waals surface area contributed by atoms with Gasteiger partial charge in [0.15, 0.2) is 0 Å². The zero-order valence-corrected chi connectivity index (χ0v) is 16.4. The minimum absolute atomic E-state index is 0.327. The van der Waals surface area contributed by atoms with Gasteiger partial charge < -0.3 is 9.30 Å². The number of halogens is 1. The van der Waals surface area contributed by atoms with Crippen molar-refractivity contribution < 1.29 is 9.53 Å². The Kier molecular flexibility index (Phi) is 4.61. The standard InChI is InChI=1S/C20H15BrN2O2S/c1-25-20(24)17-9-18-19(16(21)12-26-18)23(17)11-13-4-6-14(7-5-13)15-3-2-8-22-10-15/h2-10,12H,11H2,1H3. The molecule has 4 rings (SSSR count). The van der Waals surface area contributed by atoms with Gasteiger partial charge in [0.05, 0.1) is 21.8 Å². The molecule has 0 atom stereocenters. The SMILES string of the molecule is COC(=O)c1cc2scc(Br)c2n1Cc1ccc(-c2cccnc2)cc1. The van der Waals surface area contributed by atoms with Crippen LogP contribution < -0.4 is 0 Å². The van der Waals surface area contributed by atoms with Crippen molar-refractivity contribution in [1.82, 2.24) is 9.55 Å². The van der Waals surface area contributed by atoms with E-state index in [1.165, 1.54) is 7.11 Å². The van der Waals surface area contributed by atoms with Crippen LogP contribution in [0.15, 0.2) is 64.7 Å². The van der Waals surface area contributed by atoms with Gasteiger partial charge >= 0.3 is 5.97 Å². The molecule has 0 spiro atoms. The van der Waals surface area contributed by atoms with Gasteiger partial charge in [-0.3, -0.25) is 4.98 Å². The highest BCUT2D eigenvalue weighted by atomic mass is 79.9. The number of ether oxygens (including phenoxy) is 1. The molecule has 0 aliphatic heterocycles. The molecule has 4 nitrogen and oxygen atoms in total. The number of nitrogens with zero attached hydrogens (tertiary/aromatic N) is 2. The molecule has 0 radical (unpaired) electrons. The number of hydrogen-bond donors (Lipinski definition) is 0. The van der Waals surface area contributed by atoms with Crippen LogP contribution in [-0.4, -0.2) is 22.6 Å². The molecular weight excluding hydrogens is 412 g/mol. The second-order valence-electron chi connectivity index (χ2n) is 5.84. The Balaban J connectivity index is 1.71. The van der Waals surface area contributed by atoms with Crippen molar-refractivity contribution in [3.8, 4) is 11.1 Å². The van der Waals surface area contributed by atoms with E-state index in [9.17, 15) is 4.79 Å². The van der Waals surface area contributed by atoms with E-state index < -0.39 is 0 Å². The lowest BCUT2D eigenvalue weighted by atomic mass is 10.1. The summed E-state index contributed by atoms with van der Waals surface area (Å²) in [7, 11) is 1.41. The van der Waals surface area contributed by atoms with Gasteiger partial charge in [0.2, 0.25) is 0 Å². The third-order valence-electron chi connectivity index (χ3n) is 4.26. The summed E-state index contributed by atoms with van der Waals surface area (Å²) in [6, 6.07) is 14.2. The third kappa shape index (κ3) is 3.06. The lowest BCUT2D eigenvalue weighted by molar-refractivity contribution is 0.0589. The van der Waals surface area contributed by atoms with Crippen LogP contribution in [0.1, 0.15) is 16.1 Å². The summed E-state index contributed by atoms with van der Waals surface area (Å²) in [6.45, 7) is 0.594. The lowest BCUT2D eigenvalue weighted by Crippen LogP contribution is -2.11. The number of carbonyl (C=O) groups is 1. The molecule has 0 aliphatic rings. The molecule has 0 unspecified atom stereocenters. The molecule has 0 saturated carbocycles. The van der Waals surface area contributed by atoms with Gasteiger partial charge in [-0.1, -0.05) is 30.3 Å². The normalized spacial score (nSPS) is 11.0. The molecule has 1 aromatic carbocycles. The number of aromatic nitrogens is 2. The minimum atomic E-state index is -0.327. The molecule has 0 amide bonds. The van der Waals surface area contributed by atoms with Crippen molar-refractivity contribution >= 4 is 43.5 Å². The highest BCUT2D eigenvalue weighted by Crippen LogP contribution is 2.34. The van der Waals surface area contributed by atoms with E-state index in [1.807, 2.05) is 34.3 Å². The summed E-state index contributed by atoms with van der Waals surface area (Å²) < 4.78 is 9.00. The quantitative estimate of drug-likeness (QED) is 0.412. The van der Waals surface area contributed by atoms with Crippen molar-refractivity contribution in [2.24, 2.45) is 0 Å². The average molecular weight is 427 g/mol. The van der Waals surface area contributed by atoms with E-state index >= 15 is 0 Å². The molecular formula is C20H15BrN2O2S. The van der Waals surface area contributed by atoms with Crippen LogP contribution in [0.3, 0.4) is 0 Å². The third-order valence-corrected chi connectivity index (χ3v) is 6.09. The molecule has 3 aromatic heterocycles. The zero-order chi connectivity index (χ0) is 18.1. The summed E-state index contributed by atoms with van der Waals surface area (Å²) in [4.78, 5) is 16.3. The molecule has 26 heavy (non-hydrogen) atoms. The predicted octanol–water partition coefficient (Wildman–Crippen LogP) is 5.36. The van der Waals surface area contributed by atoms with Gasteiger partial charge in [-0.15, -0.1) is 11.3 Å². The minimum Gasteiger partial charge on any atom is -0.464 e. The number of fused-ring (bicyclic) bond motifs is 1. The van der Waals surface area contributed by atoms with Gasteiger partial charge in [0.25, 0.3) is 0 Å². The van der Waals surface area contributed by atoms with Crippen molar-refractivity contribution in [1.29, 1.82) is 0 Å². The van der Waals surface area contributed by atoms with Crippen molar-refractivity contribution in [2.75, 3.05) is 7.11 Å². The van der Waals surface area contributed by atoms with Crippen LogP contribution in [0.25, 0.3) is 21.3 Å². The summed E-state index contributed by atoms with van der Waals surface area (Å²) >= 11 is 5.19. The summed E-state index contributed by atoms with van der Waals surface area (Å²) in [5, 5.41) is 2.04. The molecule has 0 N–H and O–H groups in total. The molecule has 130 valence electrons. The topological polar surface area (TPSA) is 44.1 Å². The Morgan fingerprint density at radius 3 is 2.73 bits per heavy atom. The highest BCUT2D eigenvalue weighted by molar-refractivity contribution is 9.10. The number of hydrogen-bond acceptors (Lipinski definition) is 4. The van der Waals surface area contributed by atoms with Crippen molar-refractivity contribution in [3.05, 3.63) is 76.0 Å². The first-order valence-corrected chi connectivity index (χ1v) is 9.68. The van der Waals surface area contributed by atoms with E-state index in [0.717, 1.165) is 31.4 Å². The number of pyridine rings is 1. The maximum Gasteiger partial charge on any atom is 0.354 e. The van der Waals surface area contributed by atoms with Crippen LogP contribution in [0.4, 0.5) is 0 Å². The second-order valence-corrected chi connectivity index (χ2v) is 7.61. The van der Waals surface area contributed by atoms with Crippen molar-refractivity contribution in [3.63, 3.8) is 0 Å². The number of benzene rings is 1. The van der Waals surface area contributed by atoms with E-state index in [0.29, 0.717) is 12.2 Å². The molecule has 0 bridgehead atoms. The Morgan fingerprint density at radius 2 is 2.04 bits per heavy atom. The van der Waals surface area contributed by atoms with Gasteiger partial charge in [-0.05, 0) is 44.8 Å². The van der Waals surface area contributed by atoms with E-state index in [1.54, 1.807) is 17.5 Å². The molecule has 4 aromatic rings. The number of thiophene rings is 1. The fraction of sp³-hybridized carbons (Fsp3) is 0.100. The molecule has 0 saturated heterocycles. The fourth-order valence-corrected chi connectivity index (χ4v) is 4.68. The summed E-state index contributed by atoms with van der Waals surface area (Å²) in [6.07, 6.45) is 3.62. The number of carbonyl (C=O) groups excluding carboxylic acids is 1. The number of esters is 1. The van der Waals surface area contributed by atoms with Gasteiger partial charge in [-0.2, -0.15) is 0 Å². The van der Waals surface area contributed by atoms with E-state index in [2.05, 4.69) is 45.2 Å². The van der Waals surface area contributed by atoms with E-state index in [-0.39, 0.29) is 5.97 Å². The lowest BCUT2D eigenvalue weighted by Gasteiger charge is -2.10. The average Bonchev–Trinajstić information content (AvgIpc) is 3.23. The first-order chi connectivity index (χ1) is 12.7. The van der Waals surface area contributed by atoms with Crippen LogP contribution in [0, 0.1) is 0 Å². The Morgan fingerprint density at radius 1 is 1.23 bits per heavy atom. The first kappa shape index (κ1) is 17.0. The summed E-state index contributed by atoms with van der Waals surface area (Å²) in [5.74, 6) is -0.327. The fourth-order valence-electron chi connectivity index (χ4n) is 2.99. The van der Waals surface area contributed by atoms with Gasteiger partial charge in [0.1, 0.15) is 5.69 Å². The van der Waals surface area contributed by atoms with Crippen LogP contribution >= 0.6 is 27.3 Å². The van der Waals surface area contributed by atoms with Crippen LogP contribution in [-0.2, 0) is 11.3 Å². The Hall–Kier alpha value is -2.44. The van der Waals surface area contributed by atoms with Crippen LogP contribution in [0.2, 0.25) is 0 Å². The first-order valence-electron chi connectivity index (χ1n) is 8.01. The Bertz CT molecular complexity index is 1070. The van der Waals surface area contributed by atoms with Gasteiger partial charge in [0, 0.05) is 24.3 Å². The Labute approximate surface area is 163 Å². The maximum atomic E-state index is 12.2. The second kappa shape index (κ2) is 7.05. The van der Waals surface area contributed by atoms with Crippen LogP contribution in [0.5, 0.6) is 0 Å². The maximum absolute atomic E-state index is 12.2. The highest BCUT2D eigenvalue weighted by Gasteiger charge is 2.19. The molecule has 3 heterocycles. The molecule has 6 heteroatoms. The molecule has 0 fully saturated rings. The zero-order valence-electron chi connectivity index (χ0n) is 14.0. The number of rotatable bonds is 4. The molecule has 0 aliphatic carbocycles. The largest absolute Gasteiger partial charge is 0.464 e. The number of methoxy groups -OCH3 is 1. The summed E-state index contributed by atoms with van der Waals surface area (Å²) in [5.41, 5.74) is 4.89. The predicted molar refractivity (Wildman–Crippen MR) is 108 cm³/mol. The van der Waals surface area contributed by atoms with Gasteiger partial charge in [-0.25, -0.2) is 4.79 Å². The van der Waals surface area contributed by atoms with E-state index in [4.69, 9.17) is 4.74 Å². The smallest absolute Gasteiger partial charge is 0.354 e.